The minimum atomic E-state index is -0.00958. The summed E-state index contributed by atoms with van der Waals surface area (Å²) >= 11 is 0. The van der Waals surface area contributed by atoms with Gasteiger partial charge in [0.2, 0.25) is 0 Å². The molecule has 1 aliphatic rings. The van der Waals surface area contributed by atoms with Gasteiger partial charge in [0.25, 0.3) is 5.91 Å². The highest BCUT2D eigenvalue weighted by Gasteiger charge is 2.16. The first-order chi connectivity index (χ1) is 14.5. The number of nitrogens with zero attached hydrogens (tertiary/aromatic N) is 5. The van der Waals surface area contributed by atoms with Crippen LogP contribution in [0.4, 0.5) is 0 Å². The molecule has 0 spiro atoms. The quantitative estimate of drug-likeness (QED) is 0.240. The lowest BCUT2D eigenvalue weighted by atomic mass is 10.1. The molecule has 0 unspecified atom stereocenters. The van der Waals surface area contributed by atoms with Crippen molar-refractivity contribution in [3.63, 3.8) is 0 Å². The highest BCUT2D eigenvalue weighted by Crippen LogP contribution is 2.09. The lowest BCUT2D eigenvalue weighted by molar-refractivity contribution is 0.0827. The van der Waals surface area contributed by atoms with E-state index in [0.717, 1.165) is 43.6 Å². The van der Waals surface area contributed by atoms with Gasteiger partial charge in [-0.05, 0) is 37.0 Å². The molecule has 1 amide bonds. The van der Waals surface area contributed by atoms with E-state index in [1.54, 1.807) is 35.3 Å². The van der Waals surface area contributed by atoms with E-state index in [2.05, 4.69) is 20.7 Å². The Labute approximate surface area is 199 Å². The van der Waals surface area contributed by atoms with Gasteiger partial charge in [-0.2, -0.15) is 5.10 Å². The number of guanidine groups is 1. The van der Waals surface area contributed by atoms with Gasteiger partial charge in [-0.3, -0.25) is 14.4 Å². The maximum absolute atomic E-state index is 12.3. The van der Waals surface area contributed by atoms with Gasteiger partial charge in [0.1, 0.15) is 5.82 Å². The molecule has 2 N–H and O–H groups in total. The van der Waals surface area contributed by atoms with E-state index in [4.69, 9.17) is 0 Å². The topological polar surface area (TPSA) is 96.5 Å². The Balaban J connectivity index is 0.00000341. The van der Waals surface area contributed by atoms with Crippen molar-refractivity contribution in [3.8, 4) is 0 Å². The van der Waals surface area contributed by atoms with E-state index in [9.17, 15) is 9.59 Å². The van der Waals surface area contributed by atoms with Crippen molar-refractivity contribution in [1.29, 1.82) is 0 Å². The van der Waals surface area contributed by atoms with Crippen molar-refractivity contribution in [1.82, 2.24) is 29.9 Å². The van der Waals surface area contributed by atoms with E-state index in [1.165, 1.54) is 0 Å². The van der Waals surface area contributed by atoms with Crippen LogP contribution in [-0.4, -0.2) is 58.8 Å². The molecule has 0 fully saturated rings. The largest absolute Gasteiger partial charge is 0.356 e. The summed E-state index contributed by atoms with van der Waals surface area (Å²) in [7, 11) is 5.21. The second-order valence-corrected chi connectivity index (χ2v) is 7.63. The molecular formula is C21H32IN7O2. The number of amides is 1. The molecule has 3 rings (SSSR count). The van der Waals surface area contributed by atoms with Crippen LogP contribution in [0.3, 0.4) is 0 Å². The average molecular weight is 541 g/mol. The zero-order valence-corrected chi connectivity index (χ0v) is 20.8. The second-order valence-electron chi connectivity index (χ2n) is 7.63. The van der Waals surface area contributed by atoms with Crippen molar-refractivity contribution in [2.45, 2.75) is 45.3 Å². The zero-order valence-electron chi connectivity index (χ0n) is 18.4. The van der Waals surface area contributed by atoms with E-state index in [1.807, 2.05) is 24.3 Å². The van der Waals surface area contributed by atoms with Crippen LogP contribution in [0.15, 0.2) is 34.1 Å². The number of aliphatic imine (C=N–C) groups is 1. The Morgan fingerprint density at radius 3 is 2.58 bits per heavy atom. The molecule has 0 saturated carbocycles. The second kappa shape index (κ2) is 11.9. The molecule has 1 aromatic carbocycles. The maximum atomic E-state index is 12.3. The number of aryl methyl sites for hydroxylation is 2. The SMILES string of the molecule is CN=C(NCCCn1nc2n(c1=O)CCCC2)NCc1ccc(C(=O)N(C)C)cc1.I. The van der Waals surface area contributed by atoms with Crippen LogP contribution in [-0.2, 0) is 26.1 Å². The monoisotopic (exact) mass is 541 g/mol. The number of carbonyl (C=O) groups excluding carboxylic acids is 1. The smallest absolute Gasteiger partial charge is 0.345 e. The summed E-state index contributed by atoms with van der Waals surface area (Å²) in [6.45, 7) is 2.66. The Kier molecular flexibility index (Phi) is 9.53. The Morgan fingerprint density at radius 2 is 1.94 bits per heavy atom. The zero-order chi connectivity index (χ0) is 21.5. The summed E-state index contributed by atoms with van der Waals surface area (Å²) in [4.78, 5) is 30.1. The van der Waals surface area contributed by atoms with Crippen molar-refractivity contribution < 1.29 is 4.79 Å². The Hall–Kier alpha value is -2.37. The number of rotatable bonds is 7. The van der Waals surface area contributed by atoms with Gasteiger partial charge in [0.15, 0.2) is 5.96 Å². The summed E-state index contributed by atoms with van der Waals surface area (Å²) in [5, 5.41) is 11.0. The number of fused-ring (bicyclic) bond motifs is 1. The predicted octanol–water partition coefficient (Wildman–Crippen LogP) is 1.46. The van der Waals surface area contributed by atoms with Crippen LogP contribution < -0.4 is 16.3 Å². The fourth-order valence-electron chi connectivity index (χ4n) is 3.46. The van der Waals surface area contributed by atoms with Crippen LogP contribution in [0.1, 0.15) is 41.0 Å². The molecule has 9 nitrogen and oxygen atoms in total. The molecular weight excluding hydrogens is 509 g/mol. The van der Waals surface area contributed by atoms with Crippen molar-refractivity contribution in [2.24, 2.45) is 4.99 Å². The van der Waals surface area contributed by atoms with Gasteiger partial charge in [0, 0.05) is 59.3 Å². The lowest BCUT2D eigenvalue weighted by Crippen LogP contribution is -2.38. The average Bonchev–Trinajstić information content (AvgIpc) is 3.08. The standard InChI is InChI=1S/C21H31N7O2.HI/c1-22-20(24-15-16-8-10-17(11-9-16)19(29)26(2)3)23-12-6-14-28-21(30)27-13-5-4-7-18(27)25-28;/h8-11H,4-7,12-15H2,1-3H3,(H2,22,23,24);1H. The van der Waals surface area contributed by atoms with Gasteiger partial charge in [-0.25, -0.2) is 9.48 Å². The lowest BCUT2D eigenvalue weighted by Gasteiger charge is -2.13. The summed E-state index contributed by atoms with van der Waals surface area (Å²) < 4.78 is 3.38. The third-order valence-corrected chi connectivity index (χ3v) is 5.16. The van der Waals surface area contributed by atoms with Gasteiger partial charge >= 0.3 is 5.69 Å². The summed E-state index contributed by atoms with van der Waals surface area (Å²) in [5.41, 5.74) is 1.73. The van der Waals surface area contributed by atoms with Crippen molar-refractivity contribution >= 4 is 35.8 Å². The molecule has 0 saturated heterocycles. The Bertz CT molecular complexity index is 948. The van der Waals surface area contributed by atoms with Crippen LogP contribution >= 0.6 is 24.0 Å². The molecule has 1 aliphatic heterocycles. The first kappa shape index (κ1) is 24.9. The summed E-state index contributed by atoms with van der Waals surface area (Å²) in [5.74, 6) is 1.60. The molecule has 0 bridgehead atoms. The van der Waals surface area contributed by atoms with E-state index in [-0.39, 0.29) is 35.6 Å². The molecule has 170 valence electrons. The number of benzene rings is 1. The first-order valence-electron chi connectivity index (χ1n) is 10.4. The molecule has 2 aromatic rings. The number of hydrogen-bond donors (Lipinski definition) is 2. The highest BCUT2D eigenvalue weighted by molar-refractivity contribution is 14.0. The van der Waals surface area contributed by atoms with Gasteiger partial charge in [-0.1, -0.05) is 12.1 Å². The number of halogens is 1. The molecule has 2 heterocycles. The minimum Gasteiger partial charge on any atom is -0.356 e. The highest BCUT2D eigenvalue weighted by atomic mass is 127. The normalized spacial score (nSPS) is 13.2. The van der Waals surface area contributed by atoms with Crippen LogP contribution in [0.25, 0.3) is 0 Å². The molecule has 31 heavy (non-hydrogen) atoms. The van der Waals surface area contributed by atoms with Crippen LogP contribution in [0.2, 0.25) is 0 Å². The minimum absolute atomic E-state index is 0. The number of carbonyl (C=O) groups is 1. The fraction of sp³-hybridized carbons (Fsp3) is 0.524. The first-order valence-corrected chi connectivity index (χ1v) is 10.4. The van der Waals surface area contributed by atoms with E-state index >= 15 is 0 Å². The third-order valence-electron chi connectivity index (χ3n) is 5.16. The third kappa shape index (κ3) is 6.55. The number of hydrogen-bond acceptors (Lipinski definition) is 4. The Morgan fingerprint density at radius 1 is 1.19 bits per heavy atom. The molecule has 10 heteroatoms. The number of nitrogens with one attached hydrogen (secondary N) is 2. The van der Waals surface area contributed by atoms with Gasteiger partial charge in [0.05, 0.1) is 0 Å². The van der Waals surface area contributed by atoms with Crippen LogP contribution in [0.5, 0.6) is 0 Å². The number of aromatic nitrogens is 3. The molecule has 1 aromatic heterocycles. The maximum Gasteiger partial charge on any atom is 0.345 e. The molecule has 0 radical (unpaired) electrons. The summed E-state index contributed by atoms with van der Waals surface area (Å²) in [6, 6.07) is 7.53. The molecule has 0 atom stereocenters. The summed E-state index contributed by atoms with van der Waals surface area (Å²) in [6.07, 6.45) is 3.82. The van der Waals surface area contributed by atoms with E-state index < -0.39 is 0 Å². The van der Waals surface area contributed by atoms with Gasteiger partial charge < -0.3 is 15.5 Å². The van der Waals surface area contributed by atoms with Crippen LogP contribution in [0, 0.1) is 0 Å². The molecule has 0 aliphatic carbocycles. The predicted molar refractivity (Wildman–Crippen MR) is 132 cm³/mol. The van der Waals surface area contributed by atoms with Crippen molar-refractivity contribution in [3.05, 3.63) is 51.7 Å². The van der Waals surface area contributed by atoms with Crippen molar-refractivity contribution in [2.75, 3.05) is 27.7 Å². The van der Waals surface area contributed by atoms with Gasteiger partial charge in [-0.15, -0.1) is 24.0 Å². The fourth-order valence-corrected chi connectivity index (χ4v) is 3.46. The van der Waals surface area contributed by atoms with E-state index in [0.29, 0.717) is 31.2 Å².